The molecule has 16 heteroatoms. The van der Waals surface area contributed by atoms with Crippen LogP contribution in [0.4, 0.5) is 48.6 Å². The molecule has 1 aliphatic carbocycles. The zero-order valence-corrected chi connectivity index (χ0v) is 23.1. The maximum absolute atomic E-state index is 12.6. The lowest BCUT2D eigenvalue weighted by Crippen LogP contribution is -2.36. The molecule has 0 saturated heterocycles. The molecule has 3 aromatic rings. The average molecular weight is 617 g/mol. The molecule has 234 valence electrons. The van der Waals surface area contributed by atoms with Crippen molar-refractivity contribution in [1.82, 2.24) is 15.3 Å². The highest BCUT2D eigenvalue weighted by Crippen LogP contribution is 2.31. The van der Waals surface area contributed by atoms with Gasteiger partial charge >= 0.3 is 24.5 Å². The number of rotatable bonds is 7. The molecule has 4 rings (SSSR count). The summed E-state index contributed by atoms with van der Waals surface area (Å²) in [5.74, 6) is -1.50. The van der Waals surface area contributed by atoms with E-state index in [2.05, 4.69) is 25.7 Å². The second-order valence-corrected chi connectivity index (χ2v) is 9.83. The number of para-hydroxylation sites is 3. The molecule has 1 fully saturated rings. The van der Waals surface area contributed by atoms with Gasteiger partial charge in [-0.15, -0.1) is 13.2 Å². The van der Waals surface area contributed by atoms with Crippen molar-refractivity contribution in [3.63, 3.8) is 0 Å². The fourth-order valence-corrected chi connectivity index (χ4v) is 4.35. The first-order valence-corrected chi connectivity index (χ1v) is 13.0. The number of halogens is 6. The van der Waals surface area contributed by atoms with Crippen molar-refractivity contribution in [3.8, 4) is 5.75 Å². The van der Waals surface area contributed by atoms with Crippen molar-refractivity contribution < 1.29 is 45.8 Å². The Morgan fingerprint density at radius 1 is 0.953 bits per heavy atom. The van der Waals surface area contributed by atoms with E-state index in [-0.39, 0.29) is 17.6 Å². The second kappa shape index (κ2) is 14.1. The van der Waals surface area contributed by atoms with Gasteiger partial charge in [-0.3, -0.25) is 0 Å². The van der Waals surface area contributed by atoms with Crippen molar-refractivity contribution in [2.75, 3.05) is 36.2 Å². The van der Waals surface area contributed by atoms with Crippen LogP contribution in [0.1, 0.15) is 25.7 Å². The monoisotopic (exact) mass is 616 g/mol. The highest BCUT2D eigenvalue weighted by molar-refractivity contribution is 5.91. The molecule has 0 spiro atoms. The number of carbonyl (C=O) groups is 2. The quantitative estimate of drug-likeness (QED) is 0.237. The number of carbonyl (C=O) groups excluding carboxylic acids is 1. The Bertz CT molecular complexity index is 1390. The molecule has 2 aromatic carbocycles. The minimum atomic E-state index is -5.08. The summed E-state index contributed by atoms with van der Waals surface area (Å²) in [6, 6.07) is 13.0. The minimum Gasteiger partial charge on any atom is -0.475 e. The van der Waals surface area contributed by atoms with Crippen LogP contribution in [-0.2, 0) is 4.79 Å². The summed E-state index contributed by atoms with van der Waals surface area (Å²) in [5.41, 5.74) is 0.831. The van der Waals surface area contributed by atoms with Crippen molar-refractivity contribution >= 4 is 40.4 Å². The van der Waals surface area contributed by atoms with E-state index in [4.69, 9.17) is 14.9 Å². The Morgan fingerprint density at radius 3 is 2.16 bits per heavy atom. The molecular formula is C27H30F6N6O4. The van der Waals surface area contributed by atoms with Gasteiger partial charge in [-0.2, -0.15) is 18.2 Å². The van der Waals surface area contributed by atoms with E-state index in [1.165, 1.54) is 18.2 Å². The third-order valence-electron chi connectivity index (χ3n) is 6.34. The van der Waals surface area contributed by atoms with Crippen molar-refractivity contribution in [2.45, 2.75) is 44.3 Å². The SMILES string of the molecule is CN(C)c1nc(N[C@H]2CC[C@@H](CNC(=O)Nc3ccccc3OC(F)(F)F)CC2)nc2ccccc12.O=C(O)C(F)(F)F. The van der Waals surface area contributed by atoms with Gasteiger partial charge in [0.2, 0.25) is 5.95 Å². The molecule has 1 saturated carbocycles. The average Bonchev–Trinajstić information content (AvgIpc) is 2.92. The molecule has 0 radical (unpaired) electrons. The summed E-state index contributed by atoms with van der Waals surface area (Å²) < 4.78 is 73.4. The number of hydrogen-bond donors (Lipinski definition) is 4. The summed E-state index contributed by atoms with van der Waals surface area (Å²) in [5, 5.41) is 16.8. The van der Waals surface area contributed by atoms with Gasteiger partial charge in [0.25, 0.3) is 0 Å². The number of nitrogens with one attached hydrogen (secondary N) is 3. The molecule has 43 heavy (non-hydrogen) atoms. The third-order valence-corrected chi connectivity index (χ3v) is 6.34. The second-order valence-electron chi connectivity index (χ2n) is 9.83. The van der Waals surface area contributed by atoms with Gasteiger partial charge in [-0.05, 0) is 55.9 Å². The van der Waals surface area contributed by atoms with Gasteiger partial charge in [-0.25, -0.2) is 14.6 Å². The molecule has 2 amide bonds. The number of aromatic nitrogens is 2. The number of benzene rings is 2. The molecular weight excluding hydrogens is 586 g/mol. The number of ether oxygens (including phenoxy) is 1. The minimum absolute atomic E-state index is 0.0484. The lowest BCUT2D eigenvalue weighted by molar-refractivity contribution is -0.274. The molecule has 1 aromatic heterocycles. The predicted octanol–water partition coefficient (Wildman–Crippen LogP) is 6.02. The topological polar surface area (TPSA) is 129 Å². The van der Waals surface area contributed by atoms with Gasteiger partial charge in [0.1, 0.15) is 5.82 Å². The highest BCUT2D eigenvalue weighted by atomic mass is 19.4. The number of hydrogen-bond acceptors (Lipinski definition) is 7. The van der Waals surface area contributed by atoms with Gasteiger partial charge < -0.3 is 30.7 Å². The molecule has 10 nitrogen and oxygen atoms in total. The number of anilines is 3. The van der Waals surface area contributed by atoms with E-state index >= 15 is 0 Å². The van der Waals surface area contributed by atoms with Gasteiger partial charge in [0.15, 0.2) is 5.75 Å². The summed E-state index contributed by atoms with van der Waals surface area (Å²) >= 11 is 0. The molecule has 1 aliphatic rings. The first-order chi connectivity index (χ1) is 20.1. The van der Waals surface area contributed by atoms with Crippen LogP contribution < -0.4 is 25.6 Å². The smallest absolute Gasteiger partial charge is 0.475 e. The number of aliphatic carboxylic acids is 1. The maximum Gasteiger partial charge on any atom is 0.573 e. The lowest BCUT2D eigenvalue weighted by atomic mass is 9.86. The number of alkyl halides is 6. The van der Waals surface area contributed by atoms with Crippen LogP contribution in [0, 0.1) is 5.92 Å². The summed E-state index contributed by atoms with van der Waals surface area (Å²) in [7, 11) is 3.91. The Kier molecular flexibility index (Phi) is 10.8. The largest absolute Gasteiger partial charge is 0.573 e. The van der Waals surface area contributed by atoms with Crippen molar-refractivity contribution in [1.29, 1.82) is 0 Å². The number of urea groups is 1. The van der Waals surface area contributed by atoms with Crippen molar-refractivity contribution in [2.24, 2.45) is 5.92 Å². The van der Waals surface area contributed by atoms with Gasteiger partial charge in [0, 0.05) is 32.1 Å². The van der Waals surface area contributed by atoms with E-state index in [1.54, 1.807) is 0 Å². The van der Waals surface area contributed by atoms with Crippen LogP contribution in [0.15, 0.2) is 48.5 Å². The number of carboxylic acids is 1. The lowest BCUT2D eigenvalue weighted by Gasteiger charge is -2.29. The first-order valence-electron chi connectivity index (χ1n) is 13.0. The zero-order valence-electron chi connectivity index (χ0n) is 23.1. The Labute approximate surface area is 242 Å². The summed E-state index contributed by atoms with van der Waals surface area (Å²) in [6.07, 6.45) is -6.36. The van der Waals surface area contributed by atoms with Crippen molar-refractivity contribution in [3.05, 3.63) is 48.5 Å². The van der Waals surface area contributed by atoms with Crippen LogP contribution in [0.25, 0.3) is 10.9 Å². The summed E-state index contributed by atoms with van der Waals surface area (Å²) in [6.45, 7) is 0.429. The maximum atomic E-state index is 12.6. The Morgan fingerprint density at radius 2 is 1.56 bits per heavy atom. The Hall–Kier alpha value is -4.50. The molecule has 0 bridgehead atoms. The molecule has 0 atom stereocenters. The summed E-state index contributed by atoms with van der Waals surface area (Å²) in [4.78, 5) is 32.5. The Balaban J connectivity index is 0.000000646. The fourth-order valence-electron chi connectivity index (χ4n) is 4.35. The predicted molar refractivity (Wildman–Crippen MR) is 147 cm³/mol. The normalized spacial score (nSPS) is 16.8. The molecule has 4 N–H and O–H groups in total. The number of fused-ring (bicyclic) bond motifs is 1. The van der Waals surface area contributed by atoms with Crippen LogP contribution in [0.2, 0.25) is 0 Å². The van der Waals surface area contributed by atoms with Crippen LogP contribution in [0.5, 0.6) is 5.75 Å². The number of nitrogens with zero attached hydrogens (tertiary/aromatic N) is 3. The molecule has 0 unspecified atom stereocenters. The molecule has 1 heterocycles. The highest BCUT2D eigenvalue weighted by Gasteiger charge is 2.38. The number of carboxylic acid groups (broad SMARTS) is 1. The third kappa shape index (κ3) is 10.4. The van der Waals surface area contributed by atoms with E-state index < -0.39 is 30.3 Å². The van der Waals surface area contributed by atoms with Crippen LogP contribution >= 0.6 is 0 Å². The van der Waals surface area contributed by atoms with E-state index in [1.807, 2.05) is 43.3 Å². The number of amides is 2. The first kappa shape index (κ1) is 33.0. The fraction of sp³-hybridized carbons (Fsp3) is 0.407. The van der Waals surface area contributed by atoms with Gasteiger partial charge in [0.05, 0.1) is 11.2 Å². The van der Waals surface area contributed by atoms with Crippen LogP contribution in [0.3, 0.4) is 0 Å². The van der Waals surface area contributed by atoms with E-state index in [9.17, 15) is 31.1 Å². The van der Waals surface area contributed by atoms with E-state index in [0.29, 0.717) is 12.5 Å². The van der Waals surface area contributed by atoms with Gasteiger partial charge in [-0.1, -0.05) is 24.3 Å². The van der Waals surface area contributed by atoms with Crippen LogP contribution in [-0.4, -0.2) is 66.3 Å². The standard InChI is InChI=1S/C25H29F3N6O2.C2HF3O2/c1-34(2)22-18-7-3-4-8-19(18)31-23(33-22)30-17-13-11-16(12-14-17)15-29-24(35)32-20-9-5-6-10-21(20)36-25(26,27)28;3-2(4,5)1(6)7/h3-10,16-17H,11-15H2,1-2H3,(H2,29,32,35)(H,30,31,33);(H,6,7)/t16-,17+;. The molecule has 0 aliphatic heterocycles. The zero-order chi connectivity index (χ0) is 31.8. The van der Waals surface area contributed by atoms with E-state index in [0.717, 1.165) is 48.5 Å².